The Morgan fingerprint density at radius 3 is 2.50 bits per heavy atom. The highest BCUT2D eigenvalue weighted by Crippen LogP contribution is 2.25. The maximum absolute atomic E-state index is 13.6. The van der Waals surface area contributed by atoms with E-state index in [1.807, 2.05) is 0 Å². The fraction of sp³-hybridized carbons (Fsp3) is 0.125. The van der Waals surface area contributed by atoms with Crippen LogP contribution < -0.4 is 15.6 Å². The number of amides is 2. The van der Waals surface area contributed by atoms with Gasteiger partial charge in [0.05, 0.1) is 11.3 Å². The Morgan fingerprint density at radius 1 is 1.12 bits per heavy atom. The maximum Gasteiger partial charge on any atom is 0.310 e. The average Bonchev–Trinajstić information content (AvgIpc) is 2.61. The molecule has 2 aromatic carbocycles. The van der Waals surface area contributed by atoms with Crippen molar-refractivity contribution in [3.05, 3.63) is 69.0 Å². The minimum atomic E-state index is -0.754. The number of para-hydroxylation sites is 2. The number of ether oxygens (including phenoxy) is 1. The third-order valence-corrected chi connectivity index (χ3v) is 3.52. The van der Waals surface area contributed by atoms with E-state index in [1.165, 1.54) is 36.4 Å². The molecule has 8 nitrogen and oxygen atoms in total. The number of hydrogen-bond donors (Lipinski definition) is 2. The fourth-order valence-corrected chi connectivity index (χ4v) is 2.18. The molecule has 10 heteroatoms. The number of nitro benzene ring substituents is 1. The van der Waals surface area contributed by atoms with Crippen molar-refractivity contribution in [2.75, 3.05) is 6.61 Å². The van der Waals surface area contributed by atoms with Crippen molar-refractivity contribution >= 4 is 29.1 Å². The van der Waals surface area contributed by atoms with Crippen LogP contribution in [0.1, 0.15) is 5.56 Å². The number of nitrogens with one attached hydrogen (secondary N) is 2. The first-order chi connectivity index (χ1) is 12.4. The number of benzene rings is 2. The van der Waals surface area contributed by atoms with E-state index >= 15 is 0 Å². The summed E-state index contributed by atoms with van der Waals surface area (Å²) in [6, 6.07) is 9.54. The van der Waals surface area contributed by atoms with E-state index in [-0.39, 0.29) is 28.4 Å². The normalized spacial score (nSPS) is 10.1. The molecule has 0 bridgehead atoms. The van der Waals surface area contributed by atoms with Crippen LogP contribution in [0, 0.1) is 15.9 Å². The summed E-state index contributed by atoms with van der Waals surface area (Å²) in [6.07, 6.45) is -0.378. The highest BCUT2D eigenvalue weighted by atomic mass is 35.5. The molecule has 0 saturated heterocycles. The molecule has 0 unspecified atom stereocenters. The second-order valence-electron chi connectivity index (χ2n) is 4.99. The van der Waals surface area contributed by atoms with E-state index in [9.17, 15) is 24.1 Å². The zero-order valence-electron chi connectivity index (χ0n) is 13.2. The molecule has 2 amide bonds. The van der Waals surface area contributed by atoms with Crippen molar-refractivity contribution in [3.8, 4) is 5.75 Å². The number of hydrazine groups is 1. The van der Waals surface area contributed by atoms with Gasteiger partial charge in [0, 0.05) is 16.7 Å². The molecule has 2 rings (SSSR count). The minimum absolute atomic E-state index is 0.00271. The number of halogens is 2. The maximum atomic E-state index is 13.6. The van der Waals surface area contributed by atoms with Crippen LogP contribution >= 0.6 is 11.6 Å². The van der Waals surface area contributed by atoms with Crippen LogP contribution in [0.5, 0.6) is 5.75 Å². The Hall–Kier alpha value is -3.20. The number of carbonyl (C=O) groups excluding carboxylic acids is 2. The second kappa shape index (κ2) is 8.77. The van der Waals surface area contributed by atoms with E-state index in [2.05, 4.69) is 10.9 Å². The lowest BCUT2D eigenvalue weighted by Gasteiger charge is -2.10. The summed E-state index contributed by atoms with van der Waals surface area (Å²) >= 11 is 5.81. The molecule has 0 aliphatic heterocycles. The third-order valence-electron chi connectivity index (χ3n) is 3.16. The topological polar surface area (TPSA) is 111 Å². The van der Waals surface area contributed by atoms with Crippen LogP contribution in [-0.4, -0.2) is 23.3 Å². The quantitative estimate of drug-likeness (QED) is 0.588. The first-order valence-corrected chi connectivity index (χ1v) is 7.63. The lowest BCUT2D eigenvalue weighted by Crippen LogP contribution is -2.44. The van der Waals surface area contributed by atoms with E-state index in [1.54, 1.807) is 0 Å². The number of nitro groups is 1. The Morgan fingerprint density at radius 2 is 1.81 bits per heavy atom. The standard InChI is InChI=1S/C16H13ClFN3O5/c17-11-4-3-5-12(18)10(11)8-15(22)19-20-16(23)9-26-14-7-2-1-6-13(14)21(24)25/h1-7H,8-9H2,(H,19,22)(H,20,23). The molecule has 26 heavy (non-hydrogen) atoms. The van der Waals surface area contributed by atoms with Crippen LogP contribution in [0.15, 0.2) is 42.5 Å². The zero-order valence-corrected chi connectivity index (χ0v) is 14.0. The second-order valence-corrected chi connectivity index (χ2v) is 5.39. The highest BCUT2D eigenvalue weighted by Gasteiger charge is 2.16. The number of carbonyl (C=O) groups is 2. The van der Waals surface area contributed by atoms with Gasteiger partial charge in [0.25, 0.3) is 5.91 Å². The van der Waals surface area contributed by atoms with Crippen molar-refractivity contribution in [2.24, 2.45) is 0 Å². The van der Waals surface area contributed by atoms with Gasteiger partial charge in [0.2, 0.25) is 5.91 Å². The lowest BCUT2D eigenvalue weighted by atomic mass is 10.1. The SMILES string of the molecule is O=C(COc1ccccc1[N+](=O)[O-])NNC(=O)Cc1c(F)cccc1Cl. The molecule has 0 fully saturated rings. The largest absolute Gasteiger partial charge is 0.477 e. The first-order valence-electron chi connectivity index (χ1n) is 7.25. The molecule has 0 aliphatic rings. The van der Waals surface area contributed by atoms with Gasteiger partial charge in [-0.15, -0.1) is 0 Å². The molecule has 0 spiro atoms. The van der Waals surface area contributed by atoms with Crippen LogP contribution in [0.2, 0.25) is 5.02 Å². The molecular formula is C16H13ClFN3O5. The molecule has 2 aromatic rings. The Labute approximate surface area is 152 Å². The van der Waals surface area contributed by atoms with Gasteiger partial charge in [0.15, 0.2) is 12.4 Å². The van der Waals surface area contributed by atoms with Gasteiger partial charge < -0.3 is 4.74 Å². The number of hydrogen-bond acceptors (Lipinski definition) is 5. The van der Waals surface area contributed by atoms with Gasteiger partial charge in [-0.3, -0.25) is 30.6 Å². The average molecular weight is 382 g/mol. The molecule has 136 valence electrons. The minimum Gasteiger partial charge on any atom is -0.477 e. The smallest absolute Gasteiger partial charge is 0.310 e. The van der Waals surface area contributed by atoms with Crippen LogP contribution in [0.25, 0.3) is 0 Å². The molecule has 2 N–H and O–H groups in total. The fourth-order valence-electron chi connectivity index (χ4n) is 1.95. The predicted molar refractivity (Wildman–Crippen MR) is 90.0 cm³/mol. The van der Waals surface area contributed by atoms with E-state index in [4.69, 9.17) is 16.3 Å². The first kappa shape index (κ1) is 19.1. The third kappa shape index (κ3) is 5.15. The lowest BCUT2D eigenvalue weighted by molar-refractivity contribution is -0.385. The van der Waals surface area contributed by atoms with Crippen molar-refractivity contribution in [2.45, 2.75) is 6.42 Å². The summed E-state index contributed by atoms with van der Waals surface area (Å²) in [6.45, 7) is -0.564. The summed E-state index contributed by atoms with van der Waals surface area (Å²) < 4.78 is 18.7. The van der Waals surface area contributed by atoms with Gasteiger partial charge >= 0.3 is 5.69 Å². The van der Waals surface area contributed by atoms with Crippen LogP contribution in [0.4, 0.5) is 10.1 Å². The number of nitrogens with zero attached hydrogens (tertiary/aromatic N) is 1. The molecular weight excluding hydrogens is 369 g/mol. The molecule has 0 saturated carbocycles. The van der Waals surface area contributed by atoms with E-state index < -0.39 is 29.2 Å². The van der Waals surface area contributed by atoms with E-state index in [0.717, 1.165) is 6.07 Å². The summed E-state index contributed by atoms with van der Waals surface area (Å²) in [5, 5.41) is 10.9. The summed E-state index contributed by atoms with van der Waals surface area (Å²) in [5.41, 5.74) is 3.85. The summed E-state index contributed by atoms with van der Waals surface area (Å²) in [5.74, 6) is -2.18. The predicted octanol–water partition coefficient (Wildman–Crippen LogP) is 2.16. The highest BCUT2D eigenvalue weighted by molar-refractivity contribution is 6.31. The molecule has 0 radical (unpaired) electrons. The van der Waals surface area contributed by atoms with E-state index in [0.29, 0.717) is 0 Å². The van der Waals surface area contributed by atoms with Crippen molar-refractivity contribution in [1.29, 1.82) is 0 Å². The van der Waals surface area contributed by atoms with Crippen molar-refractivity contribution in [3.63, 3.8) is 0 Å². The van der Waals surface area contributed by atoms with Crippen molar-refractivity contribution in [1.82, 2.24) is 10.9 Å². The molecule has 0 heterocycles. The zero-order chi connectivity index (χ0) is 19.1. The van der Waals surface area contributed by atoms with Crippen molar-refractivity contribution < 1.29 is 23.6 Å². The van der Waals surface area contributed by atoms with Gasteiger partial charge in [-0.25, -0.2) is 4.39 Å². The van der Waals surface area contributed by atoms with Gasteiger partial charge in [-0.2, -0.15) is 0 Å². The van der Waals surface area contributed by atoms with Gasteiger partial charge in [-0.1, -0.05) is 29.8 Å². The monoisotopic (exact) mass is 381 g/mol. The Bertz CT molecular complexity index is 826. The van der Waals surface area contributed by atoms with Crippen LogP contribution in [-0.2, 0) is 16.0 Å². The van der Waals surface area contributed by atoms with Gasteiger partial charge in [-0.05, 0) is 18.2 Å². The summed E-state index contributed by atoms with van der Waals surface area (Å²) in [4.78, 5) is 33.6. The molecule has 0 aromatic heterocycles. The molecule has 0 aliphatic carbocycles. The molecule has 0 atom stereocenters. The summed E-state index contributed by atoms with van der Waals surface area (Å²) in [7, 11) is 0. The Balaban J connectivity index is 1.84. The Kier molecular flexibility index (Phi) is 6.45. The van der Waals surface area contributed by atoms with Crippen LogP contribution in [0.3, 0.4) is 0 Å². The van der Waals surface area contributed by atoms with Gasteiger partial charge in [0.1, 0.15) is 5.82 Å². The number of rotatable bonds is 6.